The second kappa shape index (κ2) is 4.28. The maximum Gasteiger partial charge on any atom is 0.144 e. The lowest BCUT2D eigenvalue weighted by atomic mass is 10.1. The van der Waals surface area contributed by atoms with Gasteiger partial charge in [-0.05, 0) is 25.5 Å². The van der Waals surface area contributed by atoms with E-state index in [9.17, 15) is 0 Å². The molecule has 4 heteroatoms. The first-order valence-corrected chi connectivity index (χ1v) is 5.04. The van der Waals surface area contributed by atoms with Crippen LogP contribution in [-0.2, 0) is 4.74 Å². The van der Waals surface area contributed by atoms with Crippen molar-refractivity contribution in [3.05, 3.63) is 23.9 Å². The third kappa shape index (κ3) is 2.08. The molecule has 1 N–H and O–H groups in total. The zero-order valence-corrected chi connectivity index (χ0v) is 8.60. The van der Waals surface area contributed by atoms with Crippen molar-refractivity contribution >= 4 is 5.82 Å². The second-order valence-electron chi connectivity index (χ2n) is 3.63. The molecule has 78 valence electrons. The van der Waals surface area contributed by atoms with Crippen LogP contribution in [0, 0.1) is 11.3 Å². The number of rotatable bonds is 2. The van der Waals surface area contributed by atoms with Crippen molar-refractivity contribution in [2.45, 2.75) is 25.5 Å². The van der Waals surface area contributed by atoms with E-state index >= 15 is 0 Å². The van der Waals surface area contributed by atoms with E-state index in [2.05, 4.69) is 16.4 Å². The van der Waals surface area contributed by atoms with E-state index in [0.29, 0.717) is 11.4 Å². The molecule has 2 unspecified atom stereocenters. The molecule has 0 bridgehead atoms. The zero-order valence-electron chi connectivity index (χ0n) is 8.60. The van der Waals surface area contributed by atoms with E-state index in [1.165, 1.54) is 0 Å². The molecule has 0 aromatic carbocycles. The van der Waals surface area contributed by atoms with Gasteiger partial charge in [-0.2, -0.15) is 5.26 Å². The van der Waals surface area contributed by atoms with Crippen molar-refractivity contribution in [3.8, 4) is 6.07 Å². The summed E-state index contributed by atoms with van der Waals surface area (Å²) in [6.07, 6.45) is 2.82. The summed E-state index contributed by atoms with van der Waals surface area (Å²) in [5.74, 6) is 0.655. The predicted octanol–water partition coefficient (Wildman–Crippen LogP) is 1.54. The smallest absolute Gasteiger partial charge is 0.144 e. The van der Waals surface area contributed by atoms with Crippen molar-refractivity contribution in [2.24, 2.45) is 0 Å². The van der Waals surface area contributed by atoms with Crippen LogP contribution in [-0.4, -0.2) is 23.7 Å². The van der Waals surface area contributed by atoms with E-state index in [-0.39, 0.29) is 12.1 Å². The van der Waals surface area contributed by atoms with Gasteiger partial charge in [0.2, 0.25) is 0 Å². The van der Waals surface area contributed by atoms with Gasteiger partial charge in [0.25, 0.3) is 0 Å². The highest BCUT2D eigenvalue weighted by atomic mass is 16.5. The molecule has 0 aliphatic carbocycles. The Balaban J connectivity index is 2.14. The van der Waals surface area contributed by atoms with Crippen LogP contribution in [0.4, 0.5) is 5.82 Å². The van der Waals surface area contributed by atoms with Crippen molar-refractivity contribution in [1.29, 1.82) is 5.26 Å². The first-order valence-electron chi connectivity index (χ1n) is 5.04. The number of pyridine rings is 1. The summed E-state index contributed by atoms with van der Waals surface area (Å²) in [4.78, 5) is 4.16. The number of nitrogens with one attached hydrogen (secondary N) is 1. The molecule has 2 rings (SSSR count). The fourth-order valence-electron chi connectivity index (χ4n) is 1.71. The van der Waals surface area contributed by atoms with Gasteiger partial charge in [0.1, 0.15) is 11.9 Å². The van der Waals surface area contributed by atoms with E-state index < -0.39 is 0 Å². The van der Waals surface area contributed by atoms with Gasteiger partial charge in [-0.1, -0.05) is 0 Å². The fourth-order valence-corrected chi connectivity index (χ4v) is 1.71. The Bertz CT molecular complexity index is 386. The molecule has 4 nitrogen and oxygen atoms in total. The highest BCUT2D eigenvalue weighted by Gasteiger charge is 2.24. The van der Waals surface area contributed by atoms with Gasteiger partial charge in [-0.25, -0.2) is 4.98 Å². The SMILES string of the molecule is CC1OCCC1Nc1ncccc1C#N. The lowest BCUT2D eigenvalue weighted by Gasteiger charge is -2.16. The van der Waals surface area contributed by atoms with Gasteiger partial charge in [-0.15, -0.1) is 0 Å². The van der Waals surface area contributed by atoms with E-state index in [0.717, 1.165) is 13.0 Å². The number of hydrogen-bond acceptors (Lipinski definition) is 4. The molecular weight excluding hydrogens is 190 g/mol. The maximum atomic E-state index is 8.90. The van der Waals surface area contributed by atoms with Crippen LogP contribution in [0.5, 0.6) is 0 Å². The van der Waals surface area contributed by atoms with Crippen LogP contribution in [0.3, 0.4) is 0 Å². The summed E-state index contributed by atoms with van der Waals surface area (Å²) in [7, 11) is 0. The molecule has 0 amide bonds. The Morgan fingerprint density at radius 2 is 2.53 bits per heavy atom. The largest absolute Gasteiger partial charge is 0.376 e. The van der Waals surface area contributed by atoms with Crippen LogP contribution in [0.15, 0.2) is 18.3 Å². The average Bonchev–Trinajstić information content (AvgIpc) is 2.65. The molecule has 15 heavy (non-hydrogen) atoms. The van der Waals surface area contributed by atoms with Crippen molar-refractivity contribution in [3.63, 3.8) is 0 Å². The molecule has 2 atom stereocenters. The number of aromatic nitrogens is 1. The summed E-state index contributed by atoms with van der Waals surface area (Å²) < 4.78 is 5.44. The summed E-state index contributed by atoms with van der Waals surface area (Å²) in [6, 6.07) is 5.90. The van der Waals surface area contributed by atoms with Crippen LogP contribution >= 0.6 is 0 Å². The Kier molecular flexibility index (Phi) is 2.84. The van der Waals surface area contributed by atoms with Crippen LogP contribution in [0.2, 0.25) is 0 Å². The highest BCUT2D eigenvalue weighted by Crippen LogP contribution is 2.19. The lowest BCUT2D eigenvalue weighted by molar-refractivity contribution is 0.121. The molecule has 1 aromatic heterocycles. The van der Waals surface area contributed by atoms with Crippen molar-refractivity contribution in [1.82, 2.24) is 4.98 Å². The number of ether oxygens (including phenoxy) is 1. The number of nitrogens with zero attached hydrogens (tertiary/aromatic N) is 2. The molecule has 1 saturated heterocycles. The Morgan fingerprint density at radius 1 is 1.67 bits per heavy atom. The zero-order chi connectivity index (χ0) is 10.7. The van der Waals surface area contributed by atoms with Gasteiger partial charge in [0, 0.05) is 12.8 Å². The standard InChI is InChI=1S/C11H13N3O/c1-8-10(4-6-15-8)14-11-9(7-12)3-2-5-13-11/h2-3,5,8,10H,4,6H2,1H3,(H,13,14). The third-order valence-electron chi connectivity index (χ3n) is 2.63. The van der Waals surface area contributed by atoms with Gasteiger partial charge < -0.3 is 10.1 Å². The third-order valence-corrected chi connectivity index (χ3v) is 2.63. The summed E-state index contributed by atoms with van der Waals surface area (Å²) in [5, 5.41) is 12.1. The predicted molar refractivity (Wildman–Crippen MR) is 56.4 cm³/mol. The minimum absolute atomic E-state index is 0.179. The van der Waals surface area contributed by atoms with Crippen molar-refractivity contribution in [2.75, 3.05) is 11.9 Å². The molecule has 0 radical (unpaired) electrons. The van der Waals surface area contributed by atoms with E-state index in [1.54, 1.807) is 18.3 Å². The quantitative estimate of drug-likeness (QED) is 0.792. The molecule has 1 fully saturated rings. The minimum Gasteiger partial charge on any atom is -0.376 e. The fraction of sp³-hybridized carbons (Fsp3) is 0.455. The molecule has 1 aliphatic rings. The number of nitriles is 1. The molecule has 0 spiro atoms. The normalized spacial score (nSPS) is 24.8. The summed E-state index contributed by atoms with van der Waals surface area (Å²) in [6.45, 7) is 2.80. The van der Waals surface area contributed by atoms with Crippen LogP contribution in [0.1, 0.15) is 18.9 Å². The minimum atomic E-state index is 0.179. The van der Waals surface area contributed by atoms with Crippen LogP contribution in [0.25, 0.3) is 0 Å². The number of hydrogen-bond donors (Lipinski definition) is 1. The van der Waals surface area contributed by atoms with Gasteiger partial charge in [0.05, 0.1) is 17.7 Å². The van der Waals surface area contributed by atoms with Crippen LogP contribution < -0.4 is 5.32 Å². The van der Waals surface area contributed by atoms with Gasteiger partial charge in [0.15, 0.2) is 0 Å². The van der Waals surface area contributed by atoms with Gasteiger partial charge >= 0.3 is 0 Å². The van der Waals surface area contributed by atoms with E-state index in [4.69, 9.17) is 10.00 Å². The molecular formula is C11H13N3O. The van der Waals surface area contributed by atoms with Crippen molar-refractivity contribution < 1.29 is 4.74 Å². The average molecular weight is 203 g/mol. The summed E-state index contributed by atoms with van der Waals surface area (Å²) >= 11 is 0. The second-order valence-corrected chi connectivity index (χ2v) is 3.63. The Morgan fingerprint density at radius 3 is 3.20 bits per heavy atom. The highest BCUT2D eigenvalue weighted by molar-refractivity contribution is 5.51. The first-order chi connectivity index (χ1) is 7.31. The van der Waals surface area contributed by atoms with Gasteiger partial charge in [-0.3, -0.25) is 0 Å². The monoisotopic (exact) mass is 203 g/mol. The Labute approximate surface area is 88.9 Å². The molecule has 1 aromatic rings. The molecule has 1 aliphatic heterocycles. The topological polar surface area (TPSA) is 57.9 Å². The maximum absolute atomic E-state index is 8.90. The Hall–Kier alpha value is -1.60. The summed E-state index contributed by atoms with van der Waals surface area (Å²) in [5.41, 5.74) is 0.580. The lowest BCUT2D eigenvalue weighted by Crippen LogP contribution is -2.27. The molecule has 0 saturated carbocycles. The number of anilines is 1. The van der Waals surface area contributed by atoms with E-state index in [1.807, 2.05) is 6.92 Å². The molecule has 2 heterocycles. The first kappa shape index (κ1) is 9.94.